The maximum atomic E-state index is 12.7. The third kappa shape index (κ3) is 6.30. The van der Waals surface area contributed by atoms with Gasteiger partial charge in [-0.05, 0) is 46.4 Å². The first-order valence-electron chi connectivity index (χ1n) is 9.39. The van der Waals surface area contributed by atoms with Crippen LogP contribution < -0.4 is 5.32 Å². The van der Waals surface area contributed by atoms with E-state index in [1.54, 1.807) is 0 Å². The normalized spacial score (nSPS) is 13.7. The summed E-state index contributed by atoms with van der Waals surface area (Å²) in [6.07, 6.45) is 3.61. The van der Waals surface area contributed by atoms with E-state index in [4.69, 9.17) is 0 Å². The third-order valence-corrected chi connectivity index (χ3v) is 4.59. The van der Waals surface area contributed by atoms with Crippen LogP contribution in [0.2, 0.25) is 0 Å². The molecule has 1 atom stereocenters. The third-order valence-electron chi connectivity index (χ3n) is 4.59. The molecule has 1 aromatic carbocycles. The minimum atomic E-state index is 0.0324. The molecule has 0 aromatic heterocycles. The second-order valence-corrected chi connectivity index (χ2v) is 9.26. The van der Waals surface area contributed by atoms with Gasteiger partial charge in [0.15, 0.2) is 0 Å². The first-order valence-corrected chi connectivity index (χ1v) is 9.39. The van der Waals surface area contributed by atoms with Crippen molar-refractivity contribution in [2.45, 2.75) is 85.5 Å². The molecule has 1 N–H and O–H groups in total. The van der Waals surface area contributed by atoms with E-state index in [0.717, 1.165) is 12.1 Å². The number of carbonyl (C=O) groups excluding carboxylic acids is 1. The lowest BCUT2D eigenvalue weighted by atomic mass is 9.79. The number of rotatable bonds is 6. The summed E-state index contributed by atoms with van der Waals surface area (Å²) in [6, 6.07) is 6.36. The van der Waals surface area contributed by atoms with Crippen LogP contribution in [0.5, 0.6) is 0 Å². The van der Waals surface area contributed by atoms with Crippen LogP contribution in [0.3, 0.4) is 0 Å². The van der Waals surface area contributed by atoms with Crippen molar-refractivity contribution < 1.29 is 4.79 Å². The number of unbranched alkanes of at least 4 members (excludes halogenated alkanes) is 1. The van der Waals surface area contributed by atoms with Gasteiger partial charge in [-0.3, -0.25) is 4.79 Å². The fourth-order valence-corrected chi connectivity index (χ4v) is 2.65. The Morgan fingerprint density at radius 3 is 1.92 bits per heavy atom. The highest BCUT2D eigenvalue weighted by atomic mass is 16.1. The fraction of sp³-hybridized carbons (Fsp3) is 0.682. The Bertz CT molecular complexity index is 514. The van der Waals surface area contributed by atoms with Gasteiger partial charge in [0, 0.05) is 12.1 Å². The topological polar surface area (TPSA) is 29.1 Å². The molecule has 0 aliphatic carbocycles. The zero-order chi connectivity index (χ0) is 18.5. The average molecular weight is 332 g/mol. The highest BCUT2D eigenvalue weighted by Crippen LogP contribution is 2.30. The van der Waals surface area contributed by atoms with E-state index < -0.39 is 0 Å². The quantitative estimate of drug-likeness (QED) is 0.697. The summed E-state index contributed by atoms with van der Waals surface area (Å²) in [5.41, 5.74) is 3.29. The highest BCUT2D eigenvalue weighted by molar-refractivity contribution is 5.94. The zero-order valence-electron chi connectivity index (χ0n) is 17.0. The molecule has 0 aliphatic heterocycles. The molecule has 0 radical (unpaired) electrons. The lowest BCUT2D eigenvalue weighted by Gasteiger charge is -2.26. The number of hydrogen-bond acceptors (Lipinski definition) is 1. The van der Waals surface area contributed by atoms with Crippen LogP contribution in [0.25, 0.3) is 0 Å². The number of benzene rings is 1. The number of hydrogen-bond donors (Lipinski definition) is 1. The van der Waals surface area contributed by atoms with Crippen LogP contribution in [-0.2, 0) is 10.8 Å². The van der Waals surface area contributed by atoms with Crippen LogP contribution >= 0.6 is 0 Å². The van der Waals surface area contributed by atoms with Gasteiger partial charge in [0.25, 0.3) is 5.91 Å². The van der Waals surface area contributed by atoms with Crippen molar-refractivity contribution in [1.29, 1.82) is 0 Å². The second-order valence-electron chi connectivity index (χ2n) is 9.26. The van der Waals surface area contributed by atoms with Crippen molar-refractivity contribution in [3.63, 3.8) is 0 Å². The molecule has 0 saturated heterocycles. The lowest BCUT2D eigenvalue weighted by molar-refractivity contribution is 0.0947. The minimum Gasteiger partial charge on any atom is -0.352 e. The van der Waals surface area contributed by atoms with E-state index >= 15 is 0 Å². The smallest absolute Gasteiger partial charge is 0.251 e. The summed E-state index contributed by atoms with van der Waals surface area (Å²) in [5.74, 6) is 0.580. The molecule has 0 aliphatic rings. The molecule has 0 bridgehead atoms. The first kappa shape index (κ1) is 20.7. The van der Waals surface area contributed by atoms with Gasteiger partial charge >= 0.3 is 0 Å². The molecular weight excluding hydrogens is 294 g/mol. The molecule has 1 aromatic rings. The Morgan fingerprint density at radius 1 is 1.00 bits per heavy atom. The molecule has 1 rings (SSSR count). The standard InChI is InChI=1S/C22H37NO/c1-9-10-11-16(2)15-23-20(24)17-12-18(21(3,4)5)14-19(13-17)22(6,7)8/h12-14,16H,9-11,15H2,1-8H3,(H,23,24)/t16-/m0/s1. The molecule has 0 spiro atoms. The van der Waals surface area contributed by atoms with Crippen LogP contribution in [0.15, 0.2) is 18.2 Å². The molecule has 2 nitrogen and oxygen atoms in total. The van der Waals surface area contributed by atoms with E-state index in [-0.39, 0.29) is 16.7 Å². The molecule has 0 heterocycles. The molecular formula is C22H37NO. The van der Waals surface area contributed by atoms with E-state index in [1.165, 1.54) is 30.4 Å². The maximum absolute atomic E-state index is 12.7. The van der Waals surface area contributed by atoms with Crippen LogP contribution in [0, 0.1) is 5.92 Å². The number of amides is 1. The Hall–Kier alpha value is -1.31. The molecule has 136 valence electrons. The summed E-state index contributed by atoms with van der Waals surface area (Å²) in [4.78, 5) is 12.7. The molecule has 24 heavy (non-hydrogen) atoms. The Labute approximate surface area is 149 Å². The Balaban J connectivity index is 2.99. The van der Waals surface area contributed by atoms with E-state index in [9.17, 15) is 4.79 Å². The largest absolute Gasteiger partial charge is 0.352 e. The van der Waals surface area contributed by atoms with E-state index in [2.05, 4.69) is 78.9 Å². The fourth-order valence-electron chi connectivity index (χ4n) is 2.65. The Kier molecular flexibility index (Phi) is 7.07. The maximum Gasteiger partial charge on any atom is 0.251 e. The molecule has 1 amide bonds. The summed E-state index contributed by atoms with van der Waals surface area (Å²) in [6.45, 7) is 18.4. The zero-order valence-corrected chi connectivity index (χ0v) is 17.0. The van der Waals surface area contributed by atoms with Gasteiger partial charge in [0.05, 0.1) is 0 Å². The summed E-state index contributed by atoms with van der Waals surface area (Å²) in [7, 11) is 0. The predicted octanol–water partition coefficient (Wildman–Crippen LogP) is 5.84. The molecule has 2 heteroatoms. The molecule has 0 saturated carbocycles. The lowest BCUT2D eigenvalue weighted by Crippen LogP contribution is -2.29. The highest BCUT2D eigenvalue weighted by Gasteiger charge is 2.22. The van der Waals surface area contributed by atoms with Gasteiger partial charge in [-0.15, -0.1) is 0 Å². The van der Waals surface area contributed by atoms with E-state index in [0.29, 0.717) is 5.92 Å². The van der Waals surface area contributed by atoms with Crippen molar-refractivity contribution in [3.05, 3.63) is 34.9 Å². The first-order chi connectivity index (χ1) is 10.9. The molecule has 0 unspecified atom stereocenters. The average Bonchev–Trinajstić information content (AvgIpc) is 2.48. The van der Waals surface area contributed by atoms with Crippen molar-refractivity contribution in [1.82, 2.24) is 5.32 Å². The van der Waals surface area contributed by atoms with Crippen LogP contribution in [0.4, 0.5) is 0 Å². The second kappa shape index (κ2) is 8.18. The van der Waals surface area contributed by atoms with Gasteiger partial charge in [0.1, 0.15) is 0 Å². The number of carbonyl (C=O) groups is 1. The van der Waals surface area contributed by atoms with Gasteiger partial charge < -0.3 is 5.32 Å². The van der Waals surface area contributed by atoms with Gasteiger partial charge in [0.2, 0.25) is 0 Å². The van der Waals surface area contributed by atoms with Crippen molar-refractivity contribution in [2.75, 3.05) is 6.54 Å². The van der Waals surface area contributed by atoms with Gasteiger partial charge in [-0.2, -0.15) is 0 Å². The number of nitrogens with one attached hydrogen (secondary N) is 1. The summed E-state index contributed by atoms with van der Waals surface area (Å²) in [5, 5.41) is 3.13. The SMILES string of the molecule is CCCC[C@H](C)CNC(=O)c1cc(C(C)(C)C)cc(C(C)(C)C)c1. The van der Waals surface area contributed by atoms with Crippen molar-refractivity contribution in [3.8, 4) is 0 Å². The van der Waals surface area contributed by atoms with Crippen LogP contribution in [0.1, 0.15) is 96.1 Å². The van der Waals surface area contributed by atoms with Gasteiger partial charge in [-0.1, -0.05) is 74.3 Å². The van der Waals surface area contributed by atoms with Gasteiger partial charge in [-0.25, -0.2) is 0 Å². The van der Waals surface area contributed by atoms with Crippen molar-refractivity contribution >= 4 is 5.91 Å². The Morgan fingerprint density at radius 2 is 1.50 bits per heavy atom. The summed E-state index contributed by atoms with van der Waals surface area (Å²) < 4.78 is 0. The van der Waals surface area contributed by atoms with E-state index in [1.807, 2.05) is 0 Å². The van der Waals surface area contributed by atoms with Crippen LogP contribution in [-0.4, -0.2) is 12.5 Å². The summed E-state index contributed by atoms with van der Waals surface area (Å²) >= 11 is 0. The molecule has 0 fully saturated rings. The van der Waals surface area contributed by atoms with Crippen molar-refractivity contribution in [2.24, 2.45) is 5.92 Å². The minimum absolute atomic E-state index is 0.0324. The monoisotopic (exact) mass is 331 g/mol. The predicted molar refractivity (Wildman–Crippen MR) is 105 cm³/mol.